The van der Waals surface area contributed by atoms with Gasteiger partial charge in [-0.05, 0) is 36.2 Å². The van der Waals surface area contributed by atoms with Crippen molar-refractivity contribution in [2.24, 2.45) is 0 Å². The molecule has 7 nitrogen and oxygen atoms in total. The monoisotopic (exact) mass is 445 g/mol. The molecule has 1 unspecified atom stereocenters. The van der Waals surface area contributed by atoms with Gasteiger partial charge in [0.1, 0.15) is 17.5 Å². The van der Waals surface area contributed by atoms with Crippen LogP contribution in [0.2, 0.25) is 0 Å². The van der Waals surface area contributed by atoms with Gasteiger partial charge in [-0.2, -0.15) is 0 Å². The number of hydrogen-bond donors (Lipinski definition) is 2. The maximum absolute atomic E-state index is 13.3. The second kappa shape index (κ2) is 10.1. The quantitative estimate of drug-likeness (QED) is 0.529. The highest BCUT2D eigenvalue weighted by Gasteiger charge is 2.26. The number of hydrogen-bond acceptors (Lipinski definition) is 5. The van der Waals surface area contributed by atoms with E-state index in [1.807, 2.05) is 66.7 Å². The molecule has 7 heteroatoms. The highest BCUT2D eigenvalue weighted by Crippen LogP contribution is 2.35. The first kappa shape index (κ1) is 22.2. The average molecular weight is 446 g/mol. The van der Waals surface area contributed by atoms with Gasteiger partial charge in [0, 0.05) is 36.5 Å². The maximum atomic E-state index is 13.3. The summed E-state index contributed by atoms with van der Waals surface area (Å²) in [6.45, 7) is 0.678. The lowest BCUT2D eigenvalue weighted by Gasteiger charge is -2.23. The van der Waals surface area contributed by atoms with Crippen LogP contribution in [0.15, 0.2) is 72.8 Å². The maximum Gasteiger partial charge on any atom is 0.251 e. The van der Waals surface area contributed by atoms with E-state index in [0.29, 0.717) is 35.8 Å². The predicted molar refractivity (Wildman–Crippen MR) is 129 cm³/mol. The molecule has 2 amide bonds. The molecule has 4 rings (SSSR count). The van der Waals surface area contributed by atoms with E-state index < -0.39 is 6.04 Å². The second-order valence-electron chi connectivity index (χ2n) is 7.74. The van der Waals surface area contributed by atoms with E-state index in [0.717, 1.165) is 17.7 Å². The third-order valence-electron chi connectivity index (χ3n) is 5.59. The van der Waals surface area contributed by atoms with Crippen molar-refractivity contribution >= 4 is 28.9 Å². The molecule has 0 spiro atoms. The van der Waals surface area contributed by atoms with Crippen LogP contribution >= 0.6 is 0 Å². The smallest absolute Gasteiger partial charge is 0.251 e. The Morgan fingerprint density at radius 3 is 2.45 bits per heavy atom. The Kier molecular flexibility index (Phi) is 6.78. The molecule has 0 radical (unpaired) electrons. The molecule has 2 N–H and O–H groups in total. The van der Waals surface area contributed by atoms with Gasteiger partial charge in [-0.1, -0.05) is 36.4 Å². The third-order valence-corrected chi connectivity index (χ3v) is 5.59. The first-order valence-electron chi connectivity index (χ1n) is 10.8. The molecule has 0 bridgehead atoms. The minimum absolute atomic E-state index is 0.0915. The molecular weight excluding hydrogens is 418 g/mol. The summed E-state index contributed by atoms with van der Waals surface area (Å²) in [6, 6.07) is 21.6. The summed E-state index contributed by atoms with van der Waals surface area (Å²) in [6.07, 6.45) is 1.38. The summed E-state index contributed by atoms with van der Waals surface area (Å²) in [7, 11) is 3.16. The largest absolute Gasteiger partial charge is 0.497 e. The van der Waals surface area contributed by atoms with Crippen molar-refractivity contribution in [3.63, 3.8) is 0 Å². The van der Waals surface area contributed by atoms with E-state index in [-0.39, 0.29) is 11.8 Å². The number of amides is 2. The molecular formula is C26H27N3O4. The zero-order valence-electron chi connectivity index (χ0n) is 18.7. The van der Waals surface area contributed by atoms with Crippen molar-refractivity contribution in [2.75, 3.05) is 36.3 Å². The van der Waals surface area contributed by atoms with E-state index in [1.54, 1.807) is 25.2 Å². The standard InChI is InChI=1S/C26H27N3O4/c1-32-21-11-6-10-19(16-21)28-26(31)25(18-8-4-3-5-9-18)27-20-13-14-22(23(17-20)33-2)29-15-7-12-24(29)30/h3-6,8-11,13-14,16-17,25,27H,7,12,15H2,1-2H3,(H,28,31). The number of anilines is 3. The van der Waals surface area contributed by atoms with Crippen molar-refractivity contribution < 1.29 is 19.1 Å². The van der Waals surface area contributed by atoms with E-state index in [9.17, 15) is 9.59 Å². The molecule has 33 heavy (non-hydrogen) atoms. The van der Waals surface area contributed by atoms with Crippen molar-refractivity contribution in [3.8, 4) is 11.5 Å². The number of nitrogens with one attached hydrogen (secondary N) is 2. The third kappa shape index (κ3) is 5.09. The first-order valence-corrected chi connectivity index (χ1v) is 10.8. The molecule has 0 aliphatic carbocycles. The highest BCUT2D eigenvalue weighted by atomic mass is 16.5. The molecule has 170 valence electrons. The van der Waals surface area contributed by atoms with Crippen molar-refractivity contribution in [2.45, 2.75) is 18.9 Å². The minimum Gasteiger partial charge on any atom is -0.497 e. The number of benzene rings is 3. The van der Waals surface area contributed by atoms with Crippen LogP contribution in [0.3, 0.4) is 0 Å². The number of carbonyl (C=O) groups is 2. The Morgan fingerprint density at radius 2 is 1.76 bits per heavy atom. The topological polar surface area (TPSA) is 79.9 Å². The zero-order valence-corrected chi connectivity index (χ0v) is 18.7. The van der Waals surface area contributed by atoms with Gasteiger partial charge in [0.15, 0.2) is 0 Å². The van der Waals surface area contributed by atoms with Crippen molar-refractivity contribution in [1.82, 2.24) is 0 Å². The molecule has 0 aromatic heterocycles. The fraction of sp³-hybridized carbons (Fsp3) is 0.231. The van der Waals surface area contributed by atoms with Crippen LogP contribution in [-0.2, 0) is 9.59 Å². The Labute approximate surface area is 193 Å². The van der Waals surface area contributed by atoms with Crippen LogP contribution < -0.4 is 25.0 Å². The summed E-state index contributed by atoms with van der Waals surface area (Å²) < 4.78 is 10.8. The minimum atomic E-state index is -0.652. The molecule has 3 aromatic rings. The normalized spacial score (nSPS) is 14.0. The Morgan fingerprint density at radius 1 is 0.939 bits per heavy atom. The molecule has 3 aromatic carbocycles. The fourth-order valence-corrected chi connectivity index (χ4v) is 3.92. The van der Waals surface area contributed by atoms with Gasteiger partial charge in [0.25, 0.3) is 5.91 Å². The predicted octanol–water partition coefficient (Wildman–Crippen LogP) is 4.62. The Bertz CT molecular complexity index is 1130. The number of nitrogens with zero attached hydrogens (tertiary/aromatic N) is 1. The van der Waals surface area contributed by atoms with Gasteiger partial charge in [-0.15, -0.1) is 0 Å². The first-order chi connectivity index (χ1) is 16.1. The number of ether oxygens (including phenoxy) is 2. The second-order valence-corrected chi connectivity index (χ2v) is 7.74. The SMILES string of the molecule is COc1cccc(NC(=O)C(Nc2ccc(N3CCCC3=O)c(OC)c2)c2ccccc2)c1. The van der Waals surface area contributed by atoms with Gasteiger partial charge >= 0.3 is 0 Å². The highest BCUT2D eigenvalue weighted by molar-refractivity contribution is 5.98. The number of carbonyl (C=O) groups excluding carboxylic acids is 2. The van der Waals surface area contributed by atoms with E-state index in [1.165, 1.54) is 0 Å². The lowest BCUT2D eigenvalue weighted by atomic mass is 10.1. The molecule has 1 aliphatic rings. The molecule has 1 fully saturated rings. The summed E-state index contributed by atoms with van der Waals surface area (Å²) in [5, 5.41) is 6.28. The zero-order chi connectivity index (χ0) is 23.2. The molecule has 1 saturated heterocycles. The van der Waals surface area contributed by atoms with Gasteiger partial charge in [0.2, 0.25) is 5.91 Å². The fourth-order valence-electron chi connectivity index (χ4n) is 3.92. The van der Waals surface area contributed by atoms with Gasteiger partial charge in [-0.3, -0.25) is 9.59 Å². The van der Waals surface area contributed by atoms with Crippen LogP contribution in [-0.4, -0.2) is 32.6 Å². The van der Waals surface area contributed by atoms with Crippen LogP contribution in [0.1, 0.15) is 24.4 Å². The summed E-state index contributed by atoms with van der Waals surface area (Å²) in [4.78, 5) is 27.2. The molecule has 1 heterocycles. The summed E-state index contributed by atoms with van der Waals surface area (Å²) in [5.41, 5.74) is 2.90. The lowest BCUT2D eigenvalue weighted by molar-refractivity contribution is -0.117. The van der Waals surface area contributed by atoms with E-state index in [2.05, 4.69) is 10.6 Å². The van der Waals surface area contributed by atoms with Crippen LogP contribution in [0, 0.1) is 0 Å². The average Bonchev–Trinajstić information content (AvgIpc) is 3.28. The van der Waals surface area contributed by atoms with Crippen molar-refractivity contribution in [1.29, 1.82) is 0 Å². The van der Waals surface area contributed by atoms with Crippen molar-refractivity contribution in [3.05, 3.63) is 78.4 Å². The van der Waals surface area contributed by atoms with Crippen LogP contribution in [0.25, 0.3) is 0 Å². The van der Waals surface area contributed by atoms with E-state index in [4.69, 9.17) is 9.47 Å². The molecule has 0 saturated carbocycles. The van der Waals surface area contributed by atoms with E-state index >= 15 is 0 Å². The summed E-state index contributed by atoms with van der Waals surface area (Å²) >= 11 is 0. The van der Waals surface area contributed by atoms with Gasteiger partial charge in [0.05, 0.1) is 19.9 Å². The van der Waals surface area contributed by atoms with Gasteiger partial charge < -0.3 is 25.0 Å². The lowest BCUT2D eigenvalue weighted by Crippen LogP contribution is -2.27. The van der Waals surface area contributed by atoms with Crippen LogP contribution in [0.5, 0.6) is 11.5 Å². The van der Waals surface area contributed by atoms with Gasteiger partial charge in [-0.25, -0.2) is 0 Å². The number of rotatable bonds is 8. The molecule has 1 atom stereocenters. The molecule has 1 aliphatic heterocycles. The van der Waals surface area contributed by atoms with Crippen LogP contribution in [0.4, 0.5) is 17.1 Å². The Balaban J connectivity index is 1.60. The Hall–Kier alpha value is -4.00. The summed E-state index contributed by atoms with van der Waals surface area (Å²) in [5.74, 6) is 1.12. The number of methoxy groups -OCH3 is 2.